The maximum Gasteiger partial charge on any atom is 0.129 e. The molecule has 2 aromatic heterocycles. The van der Waals surface area contributed by atoms with Crippen molar-refractivity contribution in [2.75, 3.05) is 0 Å². The standard InChI is InChI=1S/C10H11NO2S.ClH/c11-10(9-2-1-5-14-9)8-4-3-7(6-12)13-8;/h1-5,10,12H,6,11H2;1H/t10-;/m0./s1. The van der Waals surface area contributed by atoms with Gasteiger partial charge in [-0.25, -0.2) is 0 Å². The summed E-state index contributed by atoms with van der Waals surface area (Å²) in [4.78, 5) is 1.06. The van der Waals surface area contributed by atoms with E-state index in [0.29, 0.717) is 11.5 Å². The minimum atomic E-state index is -0.227. The summed E-state index contributed by atoms with van der Waals surface area (Å²) < 4.78 is 5.35. The number of aliphatic hydroxyl groups excluding tert-OH is 1. The molecule has 1 atom stereocenters. The molecule has 3 N–H and O–H groups in total. The van der Waals surface area contributed by atoms with Crippen molar-refractivity contribution in [3.8, 4) is 0 Å². The summed E-state index contributed by atoms with van der Waals surface area (Å²) >= 11 is 1.60. The number of aliphatic hydroxyl groups is 1. The van der Waals surface area contributed by atoms with Gasteiger partial charge in [-0.15, -0.1) is 23.7 Å². The third kappa shape index (κ3) is 2.60. The molecule has 0 aliphatic carbocycles. The number of hydrogen-bond donors (Lipinski definition) is 2. The summed E-state index contributed by atoms with van der Waals surface area (Å²) in [5.41, 5.74) is 5.96. The molecule has 2 rings (SSSR count). The van der Waals surface area contributed by atoms with Gasteiger partial charge in [-0.05, 0) is 23.6 Å². The average Bonchev–Trinajstić information content (AvgIpc) is 2.88. The SMILES string of the molecule is Cl.N[C@@H](c1ccc(CO)o1)c1cccs1. The Kier molecular flexibility index (Phi) is 4.35. The zero-order valence-electron chi connectivity index (χ0n) is 7.92. The monoisotopic (exact) mass is 245 g/mol. The Hall–Kier alpha value is -0.810. The number of rotatable bonds is 3. The van der Waals surface area contributed by atoms with Gasteiger partial charge in [0.2, 0.25) is 0 Å². The molecule has 2 heterocycles. The fourth-order valence-corrected chi connectivity index (χ4v) is 1.99. The first kappa shape index (κ1) is 12.3. The van der Waals surface area contributed by atoms with E-state index in [9.17, 15) is 0 Å². The zero-order chi connectivity index (χ0) is 9.97. The van der Waals surface area contributed by atoms with Crippen molar-refractivity contribution < 1.29 is 9.52 Å². The Bertz CT molecular complexity index is 399. The number of hydrogen-bond acceptors (Lipinski definition) is 4. The molecule has 2 aromatic rings. The first-order valence-corrected chi connectivity index (χ1v) is 5.17. The van der Waals surface area contributed by atoms with Crippen LogP contribution in [-0.4, -0.2) is 5.11 Å². The lowest BCUT2D eigenvalue weighted by atomic mass is 10.2. The Morgan fingerprint density at radius 1 is 1.40 bits per heavy atom. The van der Waals surface area contributed by atoms with Gasteiger partial charge in [0.1, 0.15) is 18.1 Å². The van der Waals surface area contributed by atoms with Crippen LogP contribution in [0, 0.1) is 0 Å². The average molecular weight is 246 g/mol. The molecule has 5 heteroatoms. The van der Waals surface area contributed by atoms with Crippen LogP contribution in [0.15, 0.2) is 34.1 Å². The van der Waals surface area contributed by atoms with Crippen molar-refractivity contribution in [1.82, 2.24) is 0 Å². The van der Waals surface area contributed by atoms with E-state index in [4.69, 9.17) is 15.3 Å². The van der Waals surface area contributed by atoms with Crippen LogP contribution in [-0.2, 0) is 6.61 Å². The van der Waals surface area contributed by atoms with Crippen LogP contribution >= 0.6 is 23.7 Å². The summed E-state index contributed by atoms with van der Waals surface area (Å²) in [6, 6.07) is 7.24. The molecule has 0 bridgehead atoms. The number of thiophene rings is 1. The summed E-state index contributed by atoms with van der Waals surface area (Å²) in [5.74, 6) is 1.24. The van der Waals surface area contributed by atoms with E-state index in [1.807, 2.05) is 17.5 Å². The second kappa shape index (κ2) is 5.32. The Labute approximate surface area is 97.9 Å². The topological polar surface area (TPSA) is 59.4 Å². The zero-order valence-corrected chi connectivity index (χ0v) is 9.55. The van der Waals surface area contributed by atoms with E-state index in [0.717, 1.165) is 4.88 Å². The minimum Gasteiger partial charge on any atom is -0.462 e. The van der Waals surface area contributed by atoms with Gasteiger partial charge in [-0.1, -0.05) is 6.07 Å². The number of furan rings is 1. The lowest BCUT2D eigenvalue weighted by molar-refractivity contribution is 0.242. The molecule has 0 unspecified atom stereocenters. The van der Waals surface area contributed by atoms with Crippen molar-refractivity contribution in [2.24, 2.45) is 5.73 Å². The molecule has 0 saturated heterocycles. The van der Waals surface area contributed by atoms with Gasteiger partial charge in [-0.3, -0.25) is 0 Å². The molecule has 0 fully saturated rings. The first-order chi connectivity index (χ1) is 6.81. The maximum absolute atomic E-state index is 8.83. The predicted octanol–water partition coefficient (Wildman–Crippen LogP) is 2.30. The molecular formula is C10H12ClNO2S. The van der Waals surface area contributed by atoms with Crippen molar-refractivity contribution in [2.45, 2.75) is 12.6 Å². The van der Waals surface area contributed by atoms with E-state index in [2.05, 4.69) is 0 Å². The van der Waals surface area contributed by atoms with Crippen LogP contribution < -0.4 is 5.73 Å². The molecule has 0 aliphatic rings. The van der Waals surface area contributed by atoms with Gasteiger partial charge in [-0.2, -0.15) is 0 Å². The molecule has 3 nitrogen and oxygen atoms in total. The molecular weight excluding hydrogens is 234 g/mol. The number of nitrogens with two attached hydrogens (primary N) is 1. The second-order valence-corrected chi connectivity index (χ2v) is 3.93. The van der Waals surface area contributed by atoms with Gasteiger partial charge in [0.15, 0.2) is 0 Å². The highest BCUT2D eigenvalue weighted by atomic mass is 35.5. The summed E-state index contributed by atoms with van der Waals surface area (Å²) in [6.45, 7) is -0.0862. The maximum atomic E-state index is 8.83. The molecule has 15 heavy (non-hydrogen) atoms. The largest absolute Gasteiger partial charge is 0.462 e. The van der Waals surface area contributed by atoms with Gasteiger partial charge >= 0.3 is 0 Å². The van der Waals surface area contributed by atoms with E-state index < -0.39 is 0 Å². The molecule has 0 amide bonds. The third-order valence-electron chi connectivity index (χ3n) is 1.99. The van der Waals surface area contributed by atoms with Crippen molar-refractivity contribution in [3.05, 3.63) is 46.0 Å². The van der Waals surface area contributed by atoms with Crippen LogP contribution in [0.3, 0.4) is 0 Å². The molecule has 0 radical (unpaired) electrons. The van der Waals surface area contributed by atoms with Crippen LogP contribution in [0.1, 0.15) is 22.4 Å². The third-order valence-corrected chi connectivity index (χ3v) is 2.95. The smallest absolute Gasteiger partial charge is 0.129 e. The molecule has 0 aliphatic heterocycles. The van der Waals surface area contributed by atoms with Gasteiger partial charge < -0.3 is 15.3 Å². The number of halogens is 1. The van der Waals surface area contributed by atoms with E-state index in [1.54, 1.807) is 23.5 Å². The Morgan fingerprint density at radius 2 is 2.20 bits per heavy atom. The normalized spacial score (nSPS) is 12.1. The van der Waals surface area contributed by atoms with Crippen LogP contribution in [0.25, 0.3) is 0 Å². The highest BCUT2D eigenvalue weighted by Gasteiger charge is 2.13. The highest BCUT2D eigenvalue weighted by molar-refractivity contribution is 7.10. The molecule has 82 valence electrons. The lowest BCUT2D eigenvalue weighted by Crippen LogP contribution is -2.08. The molecule has 0 spiro atoms. The fraction of sp³-hybridized carbons (Fsp3) is 0.200. The van der Waals surface area contributed by atoms with Crippen molar-refractivity contribution in [1.29, 1.82) is 0 Å². The van der Waals surface area contributed by atoms with Crippen molar-refractivity contribution >= 4 is 23.7 Å². The van der Waals surface area contributed by atoms with E-state index in [1.165, 1.54) is 0 Å². The minimum absolute atomic E-state index is 0. The van der Waals surface area contributed by atoms with E-state index >= 15 is 0 Å². The predicted molar refractivity (Wildman–Crippen MR) is 62.2 cm³/mol. The van der Waals surface area contributed by atoms with Gasteiger partial charge in [0, 0.05) is 4.88 Å². The summed E-state index contributed by atoms with van der Waals surface area (Å²) in [7, 11) is 0. The molecule has 0 saturated carbocycles. The van der Waals surface area contributed by atoms with Crippen LogP contribution in [0.4, 0.5) is 0 Å². The Morgan fingerprint density at radius 3 is 2.73 bits per heavy atom. The molecule has 0 aromatic carbocycles. The first-order valence-electron chi connectivity index (χ1n) is 4.29. The summed E-state index contributed by atoms with van der Waals surface area (Å²) in [6.07, 6.45) is 0. The van der Waals surface area contributed by atoms with Crippen LogP contribution in [0.5, 0.6) is 0 Å². The van der Waals surface area contributed by atoms with Gasteiger partial charge in [0.25, 0.3) is 0 Å². The quantitative estimate of drug-likeness (QED) is 0.873. The van der Waals surface area contributed by atoms with Crippen molar-refractivity contribution in [3.63, 3.8) is 0 Å². The summed E-state index contributed by atoms with van der Waals surface area (Å²) in [5, 5.41) is 10.8. The Balaban J connectivity index is 0.00000112. The highest BCUT2D eigenvalue weighted by Crippen LogP contribution is 2.25. The van der Waals surface area contributed by atoms with Crippen LogP contribution in [0.2, 0.25) is 0 Å². The lowest BCUT2D eigenvalue weighted by Gasteiger charge is -2.04. The van der Waals surface area contributed by atoms with Gasteiger partial charge in [0.05, 0.1) is 6.04 Å². The van der Waals surface area contributed by atoms with E-state index in [-0.39, 0.29) is 25.1 Å². The second-order valence-electron chi connectivity index (χ2n) is 2.96. The fourth-order valence-electron chi connectivity index (χ4n) is 1.26.